The average Bonchev–Trinajstić information content (AvgIpc) is 2.04. The van der Waals surface area contributed by atoms with Crippen LogP contribution in [0.4, 0.5) is 0 Å². The van der Waals surface area contributed by atoms with E-state index < -0.39 is 0 Å². The van der Waals surface area contributed by atoms with Crippen LogP contribution < -0.4 is 11.1 Å². The fraction of sp³-hybridized carbons (Fsp3) is 0.636. The molecule has 0 saturated carbocycles. The Balaban J connectivity index is 2.39. The van der Waals surface area contributed by atoms with Crippen molar-refractivity contribution < 1.29 is 0 Å². The smallest absolute Gasteiger partial charge is 0.00889 e. The van der Waals surface area contributed by atoms with Crippen LogP contribution in [0, 0.1) is 5.41 Å². The van der Waals surface area contributed by atoms with E-state index in [4.69, 9.17) is 5.73 Å². The molecule has 0 bridgehead atoms. The molecule has 0 aromatic carbocycles. The first kappa shape index (κ1) is 10.3. The molecular formula is C11H20N2. The van der Waals surface area contributed by atoms with Gasteiger partial charge in [-0.3, -0.25) is 0 Å². The summed E-state index contributed by atoms with van der Waals surface area (Å²) in [4.78, 5) is 0. The SMILES string of the molecule is CCNCCC1(C)C=CC=C(N)C1. The van der Waals surface area contributed by atoms with Gasteiger partial charge in [-0.05, 0) is 37.4 Å². The van der Waals surface area contributed by atoms with Crippen LogP contribution in [0.5, 0.6) is 0 Å². The fourth-order valence-corrected chi connectivity index (χ4v) is 1.71. The first-order chi connectivity index (χ1) is 6.16. The van der Waals surface area contributed by atoms with Gasteiger partial charge in [-0.15, -0.1) is 0 Å². The Morgan fingerprint density at radius 2 is 2.38 bits per heavy atom. The summed E-state index contributed by atoms with van der Waals surface area (Å²) in [7, 11) is 0. The third kappa shape index (κ3) is 3.23. The number of nitrogens with one attached hydrogen (secondary N) is 1. The largest absolute Gasteiger partial charge is 0.402 e. The lowest BCUT2D eigenvalue weighted by molar-refractivity contribution is 0.373. The molecule has 3 N–H and O–H groups in total. The van der Waals surface area contributed by atoms with Crippen LogP contribution in [0.3, 0.4) is 0 Å². The minimum Gasteiger partial charge on any atom is -0.402 e. The highest BCUT2D eigenvalue weighted by molar-refractivity contribution is 5.21. The third-order valence-corrected chi connectivity index (χ3v) is 2.54. The number of rotatable bonds is 4. The molecule has 0 aromatic heterocycles. The topological polar surface area (TPSA) is 38.0 Å². The molecule has 0 saturated heterocycles. The molecule has 1 rings (SSSR count). The van der Waals surface area contributed by atoms with Gasteiger partial charge >= 0.3 is 0 Å². The molecule has 74 valence electrons. The zero-order chi connectivity index (χ0) is 9.73. The Kier molecular flexibility index (Phi) is 3.55. The van der Waals surface area contributed by atoms with Gasteiger partial charge in [0.15, 0.2) is 0 Å². The predicted molar refractivity (Wildman–Crippen MR) is 57.3 cm³/mol. The van der Waals surface area contributed by atoms with Crippen molar-refractivity contribution in [3.8, 4) is 0 Å². The maximum Gasteiger partial charge on any atom is 0.00889 e. The van der Waals surface area contributed by atoms with Crippen LogP contribution in [0.25, 0.3) is 0 Å². The molecule has 13 heavy (non-hydrogen) atoms. The Morgan fingerprint density at radius 1 is 1.62 bits per heavy atom. The van der Waals surface area contributed by atoms with Gasteiger partial charge in [0.1, 0.15) is 0 Å². The molecule has 0 heterocycles. The maximum atomic E-state index is 5.80. The standard InChI is InChI=1S/C11H20N2/c1-3-13-8-7-11(2)6-4-5-10(12)9-11/h4-6,13H,3,7-9,12H2,1-2H3. The summed E-state index contributed by atoms with van der Waals surface area (Å²) >= 11 is 0. The van der Waals surface area contributed by atoms with Crippen LogP contribution in [0.1, 0.15) is 26.7 Å². The number of nitrogens with two attached hydrogens (primary N) is 1. The zero-order valence-corrected chi connectivity index (χ0v) is 8.64. The van der Waals surface area contributed by atoms with Crippen molar-refractivity contribution in [3.63, 3.8) is 0 Å². The van der Waals surface area contributed by atoms with Gasteiger partial charge in [-0.25, -0.2) is 0 Å². The lowest BCUT2D eigenvalue weighted by Gasteiger charge is -2.28. The van der Waals surface area contributed by atoms with E-state index in [9.17, 15) is 0 Å². The van der Waals surface area contributed by atoms with Gasteiger partial charge in [0.25, 0.3) is 0 Å². The van der Waals surface area contributed by atoms with E-state index in [1.165, 1.54) is 0 Å². The molecule has 0 amide bonds. The maximum absolute atomic E-state index is 5.80. The van der Waals surface area contributed by atoms with Crippen LogP contribution >= 0.6 is 0 Å². The van der Waals surface area contributed by atoms with Gasteiger partial charge in [0.2, 0.25) is 0 Å². The van der Waals surface area contributed by atoms with Crippen molar-refractivity contribution >= 4 is 0 Å². The van der Waals surface area contributed by atoms with Gasteiger partial charge in [0.05, 0.1) is 0 Å². The minimum atomic E-state index is 0.265. The van der Waals surface area contributed by atoms with Crippen molar-refractivity contribution in [2.45, 2.75) is 26.7 Å². The summed E-state index contributed by atoms with van der Waals surface area (Å²) < 4.78 is 0. The van der Waals surface area contributed by atoms with Crippen molar-refractivity contribution in [2.75, 3.05) is 13.1 Å². The highest BCUT2D eigenvalue weighted by Crippen LogP contribution is 2.32. The van der Waals surface area contributed by atoms with E-state index in [0.717, 1.165) is 31.6 Å². The normalized spacial score (nSPS) is 27.4. The predicted octanol–water partition coefficient (Wildman–Crippen LogP) is 1.79. The Morgan fingerprint density at radius 3 is 3.00 bits per heavy atom. The molecule has 2 nitrogen and oxygen atoms in total. The van der Waals surface area contributed by atoms with Crippen LogP contribution in [-0.2, 0) is 0 Å². The lowest BCUT2D eigenvalue weighted by Crippen LogP contribution is -2.25. The van der Waals surface area contributed by atoms with Crippen LogP contribution in [-0.4, -0.2) is 13.1 Å². The number of hydrogen-bond donors (Lipinski definition) is 2. The summed E-state index contributed by atoms with van der Waals surface area (Å²) in [5, 5.41) is 3.34. The highest BCUT2D eigenvalue weighted by atomic mass is 14.8. The van der Waals surface area contributed by atoms with E-state index in [0.29, 0.717) is 0 Å². The van der Waals surface area contributed by atoms with E-state index in [-0.39, 0.29) is 5.41 Å². The molecule has 1 aliphatic carbocycles. The first-order valence-electron chi connectivity index (χ1n) is 5.01. The molecule has 0 fully saturated rings. The summed E-state index contributed by atoms with van der Waals surface area (Å²) in [6.07, 6.45) is 8.49. The second kappa shape index (κ2) is 4.47. The van der Waals surface area contributed by atoms with Crippen LogP contribution in [0.2, 0.25) is 0 Å². The molecule has 2 heteroatoms. The van der Waals surface area contributed by atoms with E-state index in [1.807, 2.05) is 6.08 Å². The number of hydrogen-bond acceptors (Lipinski definition) is 2. The molecular weight excluding hydrogens is 160 g/mol. The highest BCUT2D eigenvalue weighted by Gasteiger charge is 2.22. The van der Waals surface area contributed by atoms with Crippen molar-refractivity contribution in [1.29, 1.82) is 0 Å². The molecule has 1 unspecified atom stereocenters. The third-order valence-electron chi connectivity index (χ3n) is 2.54. The van der Waals surface area contributed by atoms with Crippen LogP contribution in [0.15, 0.2) is 23.9 Å². The average molecular weight is 180 g/mol. The van der Waals surface area contributed by atoms with E-state index in [1.54, 1.807) is 0 Å². The van der Waals surface area contributed by atoms with Crippen molar-refractivity contribution in [2.24, 2.45) is 11.1 Å². The summed E-state index contributed by atoms with van der Waals surface area (Å²) in [6.45, 7) is 6.52. The molecule has 0 aliphatic heterocycles. The molecule has 0 spiro atoms. The van der Waals surface area contributed by atoms with Gasteiger partial charge in [-0.1, -0.05) is 26.0 Å². The molecule has 0 aromatic rings. The van der Waals surface area contributed by atoms with Gasteiger partial charge < -0.3 is 11.1 Å². The minimum absolute atomic E-state index is 0.265. The lowest BCUT2D eigenvalue weighted by atomic mass is 9.79. The van der Waals surface area contributed by atoms with E-state index >= 15 is 0 Å². The second-order valence-electron chi connectivity index (χ2n) is 4.04. The molecule has 1 aliphatic rings. The first-order valence-corrected chi connectivity index (χ1v) is 5.01. The summed E-state index contributed by atoms with van der Waals surface area (Å²) in [6, 6.07) is 0. The van der Waals surface area contributed by atoms with Crippen molar-refractivity contribution in [1.82, 2.24) is 5.32 Å². The monoisotopic (exact) mass is 180 g/mol. The fourth-order valence-electron chi connectivity index (χ4n) is 1.71. The number of allylic oxidation sites excluding steroid dienone is 4. The van der Waals surface area contributed by atoms with Crippen molar-refractivity contribution in [3.05, 3.63) is 23.9 Å². The van der Waals surface area contributed by atoms with Gasteiger partial charge in [-0.2, -0.15) is 0 Å². The Hall–Kier alpha value is -0.760. The summed E-state index contributed by atoms with van der Waals surface area (Å²) in [5.74, 6) is 0. The Bertz CT molecular complexity index is 218. The van der Waals surface area contributed by atoms with E-state index in [2.05, 4.69) is 31.3 Å². The quantitative estimate of drug-likeness (QED) is 0.647. The molecule has 1 atom stereocenters. The zero-order valence-electron chi connectivity index (χ0n) is 8.64. The Labute approximate surface area is 80.9 Å². The summed E-state index contributed by atoms with van der Waals surface area (Å²) in [5.41, 5.74) is 7.07. The second-order valence-corrected chi connectivity index (χ2v) is 4.04. The molecule has 0 radical (unpaired) electrons. The van der Waals surface area contributed by atoms with Gasteiger partial charge in [0, 0.05) is 5.70 Å².